The highest BCUT2D eigenvalue weighted by Crippen LogP contribution is 2.24. The lowest BCUT2D eigenvalue weighted by Gasteiger charge is -1.86. The van der Waals surface area contributed by atoms with E-state index in [0.29, 0.717) is 5.13 Å². The van der Waals surface area contributed by atoms with Crippen LogP contribution in [0.1, 0.15) is 0 Å². The van der Waals surface area contributed by atoms with Crippen molar-refractivity contribution in [3.05, 3.63) is 12.7 Å². The first-order valence-corrected chi connectivity index (χ1v) is 4.71. The molecule has 0 fully saturated rings. The molecule has 0 aliphatic carbocycles. The first-order valence-electron chi connectivity index (χ1n) is 2.90. The second-order valence-electron chi connectivity index (χ2n) is 1.62. The van der Waals surface area contributed by atoms with Crippen molar-refractivity contribution >= 4 is 28.2 Å². The van der Waals surface area contributed by atoms with E-state index in [9.17, 15) is 0 Å². The highest BCUT2D eigenvalue weighted by molar-refractivity contribution is 8.01. The third kappa shape index (κ3) is 2.49. The molecule has 0 saturated carbocycles. The van der Waals surface area contributed by atoms with Crippen molar-refractivity contribution in [1.82, 2.24) is 10.2 Å². The van der Waals surface area contributed by atoms with Crippen LogP contribution < -0.4 is 11.3 Å². The third-order valence-corrected chi connectivity index (χ3v) is 2.84. The van der Waals surface area contributed by atoms with Crippen LogP contribution in [-0.4, -0.2) is 16.0 Å². The maximum atomic E-state index is 5.12. The molecule has 0 saturated heterocycles. The monoisotopic (exact) mass is 188 g/mol. The van der Waals surface area contributed by atoms with Crippen molar-refractivity contribution in [2.75, 3.05) is 11.2 Å². The first kappa shape index (κ1) is 8.51. The third-order valence-electron chi connectivity index (χ3n) is 0.855. The highest BCUT2D eigenvalue weighted by atomic mass is 32.2. The van der Waals surface area contributed by atoms with Gasteiger partial charge in [0.2, 0.25) is 5.13 Å². The van der Waals surface area contributed by atoms with Crippen LogP contribution in [0.3, 0.4) is 0 Å². The van der Waals surface area contributed by atoms with Gasteiger partial charge in [0.05, 0.1) is 0 Å². The van der Waals surface area contributed by atoms with Crippen LogP contribution in [0.2, 0.25) is 0 Å². The number of nitrogens with one attached hydrogen (secondary N) is 1. The summed E-state index contributed by atoms with van der Waals surface area (Å²) in [5.41, 5.74) is 2.43. The number of nitrogens with two attached hydrogens (primary N) is 1. The topological polar surface area (TPSA) is 63.8 Å². The lowest BCUT2D eigenvalue weighted by Crippen LogP contribution is -2.05. The molecule has 0 unspecified atom stereocenters. The van der Waals surface area contributed by atoms with E-state index >= 15 is 0 Å². The second-order valence-corrected chi connectivity index (χ2v) is 3.86. The molecule has 0 spiro atoms. The molecule has 11 heavy (non-hydrogen) atoms. The minimum absolute atomic E-state index is 0.636. The number of hydrazine groups is 1. The summed E-state index contributed by atoms with van der Waals surface area (Å²) >= 11 is 3.02. The Morgan fingerprint density at radius 2 is 2.55 bits per heavy atom. The number of nitrogen functional groups attached to an aromatic ring is 1. The normalized spacial score (nSPS) is 9.55. The van der Waals surface area contributed by atoms with Gasteiger partial charge in [-0.05, 0) is 0 Å². The number of thioether (sulfide) groups is 1. The lowest BCUT2D eigenvalue weighted by molar-refractivity contribution is 1.01. The Balaban J connectivity index is 2.50. The predicted molar refractivity (Wildman–Crippen MR) is 48.6 cm³/mol. The van der Waals surface area contributed by atoms with E-state index in [1.54, 1.807) is 11.8 Å². The maximum Gasteiger partial charge on any atom is 0.220 e. The average Bonchev–Trinajstić information content (AvgIpc) is 2.48. The quantitative estimate of drug-likeness (QED) is 0.320. The fourth-order valence-electron chi connectivity index (χ4n) is 0.457. The fourth-order valence-corrected chi connectivity index (χ4v) is 1.88. The van der Waals surface area contributed by atoms with Gasteiger partial charge < -0.3 is 0 Å². The molecule has 0 radical (unpaired) electrons. The summed E-state index contributed by atoms with van der Waals surface area (Å²) in [7, 11) is 0. The number of nitrogens with zero attached hydrogens (tertiary/aromatic N) is 2. The van der Waals surface area contributed by atoms with Crippen LogP contribution in [0.15, 0.2) is 17.0 Å². The Hall–Kier alpha value is -0.590. The smallest absolute Gasteiger partial charge is 0.220 e. The molecule has 1 aromatic rings. The zero-order valence-electron chi connectivity index (χ0n) is 5.78. The van der Waals surface area contributed by atoms with E-state index in [0.717, 1.165) is 10.1 Å². The summed E-state index contributed by atoms with van der Waals surface area (Å²) < 4.78 is 0.901. The molecule has 60 valence electrons. The van der Waals surface area contributed by atoms with Crippen LogP contribution in [0.5, 0.6) is 0 Å². The number of anilines is 1. The largest absolute Gasteiger partial charge is 0.298 e. The highest BCUT2D eigenvalue weighted by Gasteiger charge is 2.00. The molecule has 0 aliphatic heterocycles. The zero-order chi connectivity index (χ0) is 8.10. The van der Waals surface area contributed by atoms with E-state index in [1.165, 1.54) is 11.3 Å². The van der Waals surface area contributed by atoms with Gasteiger partial charge >= 0.3 is 0 Å². The molecule has 1 aromatic heterocycles. The summed E-state index contributed by atoms with van der Waals surface area (Å²) in [6.45, 7) is 3.60. The molecule has 6 heteroatoms. The van der Waals surface area contributed by atoms with Gasteiger partial charge in [-0.2, -0.15) is 0 Å². The maximum absolute atomic E-state index is 5.12. The van der Waals surface area contributed by atoms with Gasteiger partial charge in [0.25, 0.3) is 0 Å². The van der Waals surface area contributed by atoms with Gasteiger partial charge in [-0.15, -0.1) is 16.8 Å². The summed E-state index contributed by atoms with van der Waals surface area (Å²) in [4.78, 5) is 0. The molecule has 1 rings (SSSR count). The lowest BCUT2D eigenvalue weighted by atomic mass is 10.8. The van der Waals surface area contributed by atoms with Gasteiger partial charge in [-0.25, -0.2) is 5.84 Å². The first-order chi connectivity index (χ1) is 5.36. The minimum Gasteiger partial charge on any atom is -0.298 e. The molecule has 1 heterocycles. The van der Waals surface area contributed by atoms with Crippen molar-refractivity contribution < 1.29 is 0 Å². The van der Waals surface area contributed by atoms with Crippen LogP contribution in [0.25, 0.3) is 0 Å². The van der Waals surface area contributed by atoms with Gasteiger partial charge in [0.15, 0.2) is 4.34 Å². The fraction of sp³-hybridized carbons (Fsp3) is 0.200. The predicted octanol–water partition coefficient (Wildman–Crippen LogP) is 1.10. The number of aromatic nitrogens is 2. The standard InChI is InChI=1S/C5H8N4S2/c1-2-3-10-5-9-8-4(7-6)11-5/h2H,1,3,6H2,(H,7,8). The molecular formula is C5H8N4S2. The Labute approximate surface area is 72.9 Å². The summed E-state index contributed by atoms with van der Waals surface area (Å²) in [5, 5.41) is 8.27. The summed E-state index contributed by atoms with van der Waals surface area (Å²) in [5.74, 6) is 5.97. The molecule has 0 aromatic carbocycles. The van der Waals surface area contributed by atoms with Crippen LogP contribution in [0.4, 0.5) is 5.13 Å². The minimum atomic E-state index is 0.636. The van der Waals surface area contributed by atoms with Gasteiger partial charge in [0, 0.05) is 5.75 Å². The molecule has 0 atom stereocenters. The van der Waals surface area contributed by atoms with Crippen LogP contribution in [0, 0.1) is 0 Å². The Bertz CT molecular complexity index is 234. The van der Waals surface area contributed by atoms with Gasteiger partial charge in [0.1, 0.15) is 0 Å². The van der Waals surface area contributed by atoms with Crippen molar-refractivity contribution in [3.8, 4) is 0 Å². The van der Waals surface area contributed by atoms with Crippen LogP contribution in [-0.2, 0) is 0 Å². The van der Waals surface area contributed by atoms with E-state index in [-0.39, 0.29) is 0 Å². The van der Waals surface area contributed by atoms with Crippen LogP contribution >= 0.6 is 23.1 Å². The van der Waals surface area contributed by atoms with Crippen molar-refractivity contribution in [2.45, 2.75) is 4.34 Å². The van der Waals surface area contributed by atoms with E-state index in [2.05, 4.69) is 22.2 Å². The molecular weight excluding hydrogens is 180 g/mol. The Morgan fingerprint density at radius 1 is 1.73 bits per heavy atom. The van der Waals surface area contributed by atoms with Gasteiger partial charge in [-0.1, -0.05) is 29.2 Å². The van der Waals surface area contributed by atoms with Crippen molar-refractivity contribution in [2.24, 2.45) is 5.84 Å². The van der Waals surface area contributed by atoms with Crippen molar-refractivity contribution in [3.63, 3.8) is 0 Å². The summed E-state index contributed by atoms with van der Waals surface area (Å²) in [6, 6.07) is 0. The number of hydrogen-bond acceptors (Lipinski definition) is 6. The van der Waals surface area contributed by atoms with E-state index in [4.69, 9.17) is 5.84 Å². The zero-order valence-corrected chi connectivity index (χ0v) is 7.41. The molecule has 0 bridgehead atoms. The SMILES string of the molecule is C=CCSc1nnc(NN)s1. The number of hydrogen-bond donors (Lipinski definition) is 2. The second kappa shape index (κ2) is 4.32. The average molecular weight is 188 g/mol. The Morgan fingerprint density at radius 3 is 3.09 bits per heavy atom. The molecule has 3 N–H and O–H groups in total. The molecule has 0 amide bonds. The molecule has 4 nitrogen and oxygen atoms in total. The van der Waals surface area contributed by atoms with Gasteiger partial charge in [-0.3, -0.25) is 5.43 Å². The van der Waals surface area contributed by atoms with E-state index < -0.39 is 0 Å². The van der Waals surface area contributed by atoms with Crippen molar-refractivity contribution in [1.29, 1.82) is 0 Å². The summed E-state index contributed by atoms with van der Waals surface area (Å²) in [6.07, 6.45) is 1.82. The Kier molecular flexibility index (Phi) is 3.34. The van der Waals surface area contributed by atoms with E-state index in [1.807, 2.05) is 6.08 Å². The molecule has 0 aliphatic rings. The number of rotatable bonds is 4.